The topological polar surface area (TPSA) is 84.9 Å². The summed E-state index contributed by atoms with van der Waals surface area (Å²) in [5.74, 6) is -0.992. The smallest absolute Gasteiger partial charge is 0.335 e. The fourth-order valence-electron chi connectivity index (χ4n) is 4.06. The lowest BCUT2D eigenvalue weighted by atomic mass is 10.1. The van der Waals surface area contributed by atoms with Crippen molar-refractivity contribution < 1.29 is 28.2 Å². The minimum absolute atomic E-state index is 0.00163. The van der Waals surface area contributed by atoms with Gasteiger partial charge in [0.15, 0.2) is 0 Å². The molecular weight excluding hydrogens is 659 g/mol. The summed E-state index contributed by atoms with van der Waals surface area (Å²) in [6.45, 7) is 0.362. The van der Waals surface area contributed by atoms with Crippen LogP contribution in [-0.2, 0) is 22.8 Å². The van der Waals surface area contributed by atoms with Crippen molar-refractivity contribution in [3.63, 3.8) is 0 Å². The zero-order valence-corrected chi connectivity index (χ0v) is 24.4. The molecule has 0 bridgehead atoms. The molecule has 7 nitrogen and oxygen atoms in total. The number of amides is 4. The molecule has 4 aromatic rings. The molecular formula is C31H21Br2FN2O5. The molecule has 0 atom stereocenters. The molecule has 0 unspecified atom stereocenters. The SMILES string of the molecule is O=C1NC(=O)N(c2ccc(OCc3ccccc3)cc2)C(=O)/C1=C/c1cc(Br)c(OCc2ccccc2F)c(Br)c1. The molecule has 0 radical (unpaired) electrons. The van der Waals surface area contributed by atoms with Gasteiger partial charge in [-0.05, 0) is 91.5 Å². The van der Waals surface area contributed by atoms with E-state index in [4.69, 9.17) is 9.47 Å². The Bertz CT molecular complexity index is 1640. The normalized spacial score (nSPS) is 14.3. The van der Waals surface area contributed by atoms with Gasteiger partial charge >= 0.3 is 6.03 Å². The Kier molecular flexibility index (Phi) is 8.61. The van der Waals surface area contributed by atoms with Gasteiger partial charge in [0, 0.05) is 5.56 Å². The summed E-state index contributed by atoms with van der Waals surface area (Å²) in [7, 11) is 0. The van der Waals surface area contributed by atoms with E-state index >= 15 is 0 Å². The van der Waals surface area contributed by atoms with Crippen molar-refractivity contribution in [2.45, 2.75) is 13.2 Å². The molecule has 10 heteroatoms. The van der Waals surface area contributed by atoms with Crippen LogP contribution in [0.5, 0.6) is 11.5 Å². The fourth-order valence-corrected chi connectivity index (χ4v) is 5.51. The van der Waals surface area contributed by atoms with Gasteiger partial charge in [0.2, 0.25) is 0 Å². The third-order valence-electron chi connectivity index (χ3n) is 6.11. The van der Waals surface area contributed by atoms with Crippen molar-refractivity contribution in [2.75, 3.05) is 4.90 Å². The number of halogens is 3. The second-order valence-electron chi connectivity index (χ2n) is 8.92. The molecule has 206 valence electrons. The molecule has 0 spiro atoms. The maximum Gasteiger partial charge on any atom is 0.335 e. The van der Waals surface area contributed by atoms with Crippen LogP contribution in [0.15, 0.2) is 106 Å². The van der Waals surface area contributed by atoms with Crippen molar-refractivity contribution in [3.05, 3.63) is 128 Å². The van der Waals surface area contributed by atoms with Crippen LogP contribution in [0.3, 0.4) is 0 Å². The van der Waals surface area contributed by atoms with E-state index < -0.39 is 17.8 Å². The number of benzene rings is 4. The summed E-state index contributed by atoms with van der Waals surface area (Å²) in [4.78, 5) is 39.5. The third-order valence-corrected chi connectivity index (χ3v) is 7.28. The van der Waals surface area contributed by atoms with E-state index in [1.54, 1.807) is 54.6 Å². The first kappa shape index (κ1) is 28.3. The highest BCUT2D eigenvalue weighted by Gasteiger charge is 2.36. The molecule has 1 aliphatic rings. The van der Waals surface area contributed by atoms with Gasteiger partial charge in [-0.1, -0.05) is 48.5 Å². The summed E-state index contributed by atoms with van der Waals surface area (Å²) in [6, 6.07) is 24.8. The maximum atomic E-state index is 14.0. The number of nitrogens with zero attached hydrogens (tertiary/aromatic N) is 1. The molecule has 0 aliphatic carbocycles. The molecule has 0 aromatic heterocycles. The Morgan fingerprint density at radius 1 is 0.805 bits per heavy atom. The first-order valence-corrected chi connectivity index (χ1v) is 13.9. The summed E-state index contributed by atoms with van der Waals surface area (Å²) in [5.41, 5.74) is 1.92. The van der Waals surface area contributed by atoms with Crippen LogP contribution in [0.25, 0.3) is 6.08 Å². The van der Waals surface area contributed by atoms with Gasteiger partial charge in [0.25, 0.3) is 11.8 Å². The van der Waals surface area contributed by atoms with Crippen LogP contribution in [0.2, 0.25) is 0 Å². The molecule has 4 aromatic carbocycles. The molecule has 4 amide bonds. The minimum Gasteiger partial charge on any atom is -0.489 e. The van der Waals surface area contributed by atoms with Crippen molar-refractivity contribution in [1.82, 2.24) is 5.32 Å². The largest absolute Gasteiger partial charge is 0.489 e. The third kappa shape index (κ3) is 6.55. The van der Waals surface area contributed by atoms with Gasteiger partial charge < -0.3 is 9.47 Å². The standard InChI is InChI=1S/C31H21Br2FN2O5/c32-25-15-20(16-26(33)28(25)41-18-21-8-4-5-9-27(21)34)14-24-29(37)35-31(39)36(30(24)38)22-10-12-23(13-11-22)40-17-19-6-2-1-3-7-19/h1-16H,17-18H2,(H,35,37,39)/b24-14+. The maximum absolute atomic E-state index is 14.0. The number of ether oxygens (including phenoxy) is 2. The predicted molar refractivity (Wildman–Crippen MR) is 159 cm³/mol. The van der Waals surface area contributed by atoms with E-state index in [2.05, 4.69) is 37.2 Å². The van der Waals surface area contributed by atoms with Gasteiger partial charge in [-0.25, -0.2) is 14.1 Å². The van der Waals surface area contributed by atoms with Gasteiger partial charge in [0.05, 0.1) is 14.6 Å². The number of urea groups is 1. The highest BCUT2D eigenvalue weighted by Crippen LogP contribution is 2.36. The predicted octanol–water partition coefficient (Wildman–Crippen LogP) is 7.18. The van der Waals surface area contributed by atoms with Crippen LogP contribution in [0.1, 0.15) is 16.7 Å². The lowest BCUT2D eigenvalue weighted by Gasteiger charge is -2.26. The van der Waals surface area contributed by atoms with Gasteiger partial charge in [-0.2, -0.15) is 0 Å². The number of hydrogen-bond donors (Lipinski definition) is 1. The Morgan fingerprint density at radius 3 is 2.15 bits per heavy atom. The number of anilines is 1. The molecule has 1 fully saturated rings. The van der Waals surface area contributed by atoms with Crippen molar-refractivity contribution in [3.8, 4) is 11.5 Å². The number of barbiturate groups is 1. The fraction of sp³-hybridized carbons (Fsp3) is 0.0645. The number of carbonyl (C=O) groups excluding carboxylic acids is 3. The van der Waals surface area contributed by atoms with E-state index in [0.29, 0.717) is 38.2 Å². The van der Waals surface area contributed by atoms with Crippen LogP contribution in [0.4, 0.5) is 14.9 Å². The number of carbonyl (C=O) groups is 3. The lowest BCUT2D eigenvalue weighted by Crippen LogP contribution is -2.54. The molecule has 1 N–H and O–H groups in total. The number of hydrogen-bond acceptors (Lipinski definition) is 5. The molecule has 1 saturated heterocycles. The van der Waals surface area contributed by atoms with Crippen LogP contribution in [0, 0.1) is 5.82 Å². The first-order valence-electron chi connectivity index (χ1n) is 12.3. The highest BCUT2D eigenvalue weighted by atomic mass is 79.9. The molecule has 5 rings (SSSR count). The second-order valence-corrected chi connectivity index (χ2v) is 10.6. The monoisotopic (exact) mass is 678 g/mol. The zero-order chi connectivity index (χ0) is 28.9. The lowest BCUT2D eigenvalue weighted by molar-refractivity contribution is -0.122. The molecule has 1 aliphatic heterocycles. The number of imide groups is 2. The van der Waals surface area contributed by atoms with Crippen LogP contribution in [-0.4, -0.2) is 17.8 Å². The molecule has 1 heterocycles. The van der Waals surface area contributed by atoms with Gasteiger partial charge in [0.1, 0.15) is 36.1 Å². The summed E-state index contributed by atoms with van der Waals surface area (Å²) >= 11 is 6.88. The van der Waals surface area contributed by atoms with Gasteiger partial charge in [-0.15, -0.1) is 0 Å². The first-order chi connectivity index (χ1) is 19.8. The average molecular weight is 680 g/mol. The molecule has 41 heavy (non-hydrogen) atoms. The van der Waals surface area contributed by atoms with E-state index in [1.807, 2.05) is 30.3 Å². The minimum atomic E-state index is -0.852. The van der Waals surface area contributed by atoms with Crippen LogP contribution < -0.4 is 19.7 Å². The zero-order valence-electron chi connectivity index (χ0n) is 21.3. The Hall–Kier alpha value is -4.28. The van der Waals surface area contributed by atoms with Crippen molar-refractivity contribution in [1.29, 1.82) is 0 Å². The Balaban J connectivity index is 1.33. The summed E-state index contributed by atoms with van der Waals surface area (Å²) in [5, 5.41) is 2.22. The number of nitrogens with one attached hydrogen (secondary N) is 1. The van der Waals surface area contributed by atoms with Crippen LogP contribution >= 0.6 is 31.9 Å². The van der Waals surface area contributed by atoms with E-state index in [9.17, 15) is 18.8 Å². The number of rotatable bonds is 8. The second kappa shape index (κ2) is 12.5. The van der Waals surface area contributed by atoms with Gasteiger partial charge in [-0.3, -0.25) is 14.9 Å². The van der Waals surface area contributed by atoms with E-state index in [-0.39, 0.29) is 23.7 Å². The average Bonchev–Trinajstić information content (AvgIpc) is 2.96. The Labute approximate surface area is 251 Å². The molecule has 0 saturated carbocycles. The summed E-state index contributed by atoms with van der Waals surface area (Å²) in [6.07, 6.45) is 1.38. The highest BCUT2D eigenvalue weighted by molar-refractivity contribution is 9.11. The van der Waals surface area contributed by atoms with E-state index in [1.165, 1.54) is 12.1 Å². The Morgan fingerprint density at radius 2 is 1.46 bits per heavy atom. The van der Waals surface area contributed by atoms with E-state index in [0.717, 1.165) is 10.5 Å². The van der Waals surface area contributed by atoms with Crippen molar-refractivity contribution >= 4 is 61.5 Å². The quantitative estimate of drug-likeness (QED) is 0.158. The summed E-state index contributed by atoms with van der Waals surface area (Å²) < 4.78 is 26.6. The van der Waals surface area contributed by atoms with Crippen molar-refractivity contribution in [2.24, 2.45) is 0 Å².